The third kappa shape index (κ3) is 3.12. The van der Waals surface area contributed by atoms with Gasteiger partial charge in [-0.1, -0.05) is 29.8 Å². The second-order valence-corrected chi connectivity index (χ2v) is 4.91. The highest BCUT2D eigenvalue weighted by atomic mass is 35.5. The zero-order chi connectivity index (χ0) is 14.7. The van der Waals surface area contributed by atoms with Gasteiger partial charge in [-0.2, -0.15) is 5.10 Å². The second-order valence-electron chi connectivity index (χ2n) is 4.47. The zero-order valence-electron chi connectivity index (χ0n) is 11.0. The quantitative estimate of drug-likeness (QED) is 0.800. The molecule has 1 heterocycles. The van der Waals surface area contributed by atoms with Gasteiger partial charge in [0.25, 0.3) is 5.91 Å². The summed E-state index contributed by atoms with van der Waals surface area (Å²) < 4.78 is 1.64. The Hall–Kier alpha value is -2.59. The topological polar surface area (TPSA) is 46.9 Å². The predicted octanol–water partition coefficient (Wildman–Crippen LogP) is 3.78. The lowest BCUT2D eigenvalue weighted by atomic mass is 10.3. The molecule has 0 saturated carbocycles. The molecule has 3 rings (SSSR count). The molecule has 3 aromatic rings. The molecule has 0 aliphatic rings. The van der Waals surface area contributed by atoms with E-state index in [2.05, 4.69) is 10.4 Å². The normalized spacial score (nSPS) is 10.3. The molecule has 1 aromatic heterocycles. The van der Waals surface area contributed by atoms with Crippen molar-refractivity contribution in [3.8, 4) is 5.69 Å². The van der Waals surface area contributed by atoms with E-state index >= 15 is 0 Å². The molecule has 0 fully saturated rings. The SMILES string of the molecule is O=C(Nc1ccccc1)c1cnn(-c2ccc(Cl)cc2)c1. The number of hydrogen-bond donors (Lipinski definition) is 1. The lowest BCUT2D eigenvalue weighted by molar-refractivity contribution is 0.102. The first-order chi connectivity index (χ1) is 10.2. The molecule has 0 saturated heterocycles. The molecule has 0 unspecified atom stereocenters. The minimum Gasteiger partial charge on any atom is -0.322 e. The maximum atomic E-state index is 12.1. The number of carbonyl (C=O) groups excluding carboxylic acids is 1. The van der Waals surface area contributed by atoms with Crippen LogP contribution in [0.15, 0.2) is 67.0 Å². The van der Waals surface area contributed by atoms with E-state index < -0.39 is 0 Å². The number of para-hydroxylation sites is 1. The van der Waals surface area contributed by atoms with Gasteiger partial charge >= 0.3 is 0 Å². The van der Waals surface area contributed by atoms with Crippen LogP contribution in [0.1, 0.15) is 10.4 Å². The van der Waals surface area contributed by atoms with Crippen molar-refractivity contribution in [3.63, 3.8) is 0 Å². The monoisotopic (exact) mass is 297 g/mol. The minimum atomic E-state index is -0.193. The van der Waals surface area contributed by atoms with Crippen LogP contribution in [0.5, 0.6) is 0 Å². The molecule has 0 radical (unpaired) electrons. The fourth-order valence-electron chi connectivity index (χ4n) is 1.90. The van der Waals surface area contributed by atoms with E-state index in [9.17, 15) is 4.79 Å². The Kier molecular flexibility index (Phi) is 3.71. The van der Waals surface area contributed by atoms with Crippen LogP contribution in [0, 0.1) is 0 Å². The van der Waals surface area contributed by atoms with Crippen molar-refractivity contribution in [1.82, 2.24) is 9.78 Å². The molecular formula is C16H12ClN3O. The number of aromatic nitrogens is 2. The van der Waals surface area contributed by atoms with E-state index in [0.29, 0.717) is 10.6 Å². The van der Waals surface area contributed by atoms with Crippen LogP contribution in [-0.2, 0) is 0 Å². The van der Waals surface area contributed by atoms with E-state index in [-0.39, 0.29) is 5.91 Å². The number of hydrogen-bond acceptors (Lipinski definition) is 2. The van der Waals surface area contributed by atoms with Crippen LogP contribution in [0.4, 0.5) is 5.69 Å². The van der Waals surface area contributed by atoms with Gasteiger partial charge in [0.2, 0.25) is 0 Å². The van der Waals surface area contributed by atoms with Crippen molar-refractivity contribution in [2.75, 3.05) is 5.32 Å². The number of anilines is 1. The van der Waals surface area contributed by atoms with Gasteiger partial charge in [0.1, 0.15) is 0 Å². The van der Waals surface area contributed by atoms with E-state index in [1.807, 2.05) is 42.5 Å². The molecule has 0 aliphatic heterocycles. The summed E-state index contributed by atoms with van der Waals surface area (Å²) in [6.45, 7) is 0. The number of nitrogens with zero attached hydrogens (tertiary/aromatic N) is 2. The van der Waals surface area contributed by atoms with Crippen LogP contribution < -0.4 is 5.32 Å². The third-order valence-corrected chi connectivity index (χ3v) is 3.22. The first-order valence-corrected chi connectivity index (χ1v) is 6.77. The van der Waals surface area contributed by atoms with Gasteiger partial charge in [-0.3, -0.25) is 4.79 Å². The summed E-state index contributed by atoms with van der Waals surface area (Å²) in [5.74, 6) is -0.193. The Labute approximate surface area is 127 Å². The van der Waals surface area contributed by atoms with Gasteiger partial charge < -0.3 is 5.32 Å². The molecule has 0 atom stereocenters. The Morgan fingerprint density at radius 2 is 1.76 bits per heavy atom. The number of amides is 1. The van der Waals surface area contributed by atoms with Crippen LogP contribution in [0.25, 0.3) is 5.69 Å². The summed E-state index contributed by atoms with van der Waals surface area (Å²) in [7, 11) is 0. The highest BCUT2D eigenvalue weighted by Gasteiger charge is 2.09. The molecule has 0 spiro atoms. The van der Waals surface area contributed by atoms with Gasteiger partial charge in [0.15, 0.2) is 0 Å². The Morgan fingerprint density at radius 3 is 2.48 bits per heavy atom. The average molecular weight is 298 g/mol. The number of rotatable bonds is 3. The minimum absolute atomic E-state index is 0.193. The molecule has 4 nitrogen and oxygen atoms in total. The highest BCUT2D eigenvalue weighted by molar-refractivity contribution is 6.30. The smallest absolute Gasteiger partial charge is 0.258 e. The standard InChI is InChI=1S/C16H12ClN3O/c17-13-6-8-15(9-7-13)20-11-12(10-18-20)16(21)19-14-4-2-1-3-5-14/h1-11H,(H,19,21). The molecule has 0 aliphatic carbocycles. The van der Waals surface area contributed by atoms with Crippen LogP contribution in [-0.4, -0.2) is 15.7 Å². The number of benzene rings is 2. The van der Waals surface area contributed by atoms with Crippen molar-refractivity contribution < 1.29 is 4.79 Å². The average Bonchev–Trinajstić information content (AvgIpc) is 2.99. The van der Waals surface area contributed by atoms with Crippen molar-refractivity contribution in [2.45, 2.75) is 0 Å². The van der Waals surface area contributed by atoms with E-state index in [0.717, 1.165) is 11.4 Å². The highest BCUT2D eigenvalue weighted by Crippen LogP contribution is 2.14. The Morgan fingerprint density at radius 1 is 1.05 bits per heavy atom. The molecule has 2 aromatic carbocycles. The van der Waals surface area contributed by atoms with E-state index in [1.165, 1.54) is 6.20 Å². The summed E-state index contributed by atoms with van der Waals surface area (Å²) in [4.78, 5) is 12.1. The predicted molar refractivity (Wildman–Crippen MR) is 83.0 cm³/mol. The van der Waals surface area contributed by atoms with E-state index in [1.54, 1.807) is 23.0 Å². The largest absolute Gasteiger partial charge is 0.322 e. The molecular weight excluding hydrogens is 286 g/mol. The lowest BCUT2D eigenvalue weighted by Gasteiger charge is -2.02. The summed E-state index contributed by atoms with van der Waals surface area (Å²) in [5, 5.41) is 7.67. The van der Waals surface area contributed by atoms with Crippen molar-refractivity contribution in [2.24, 2.45) is 0 Å². The van der Waals surface area contributed by atoms with Crippen molar-refractivity contribution in [1.29, 1.82) is 0 Å². The summed E-state index contributed by atoms with van der Waals surface area (Å²) in [6.07, 6.45) is 3.22. The molecule has 0 bridgehead atoms. The number of carbonyl (C=O) groups is 1. The molecule has 1 amide bonds. The Balaban J connectivity index is 1.78. The maximum absolute atomic E-state index is 12.1. The van der Waals surface area contributed by atoms with Gasteiger partial charge in [-0.25, -0.2) is 4.68 Å². The fourth-order valence-corrected chi connectivity index (χ4v) is 2.03. The van der Waals surface area contributed by atoms with Gasteiger partial charge in [0.05, 0.1) is 17.4 Å². The molecule has 1 N–H and O–H groups in total. The maximum Gasteiger partial charge on any atom is 0.258 e. The van der Waals surface area contributed by atoms with Gasteiger partial charge in [-0.15, -0.1) is 0 Å². The fraction of sp³-hybridized carbons (Fsp3) is 0. The summed E-state index contributed by atoms with van der Waals surface area (Å²) in [6, 6.07) is 16.5. The van der Waals surface area contributed by atoms with Gasteiger partial charge in [0, 0.05) is 16.9 Å². The third-order valence-electron chi connectivity index (χ3n) is 2.97. The van der Waals surface area contributed by atoms with E-state index in [4.69, 9.17) is 11.6 Å². The van der Waals surface area contributed by atoms with Crippen molar-refractivity contribution >= 4 is 23.2 Å². The lowest BCUT2D eigenvalue weighted by Crippen LogP contribution is -2.10. The van der Waals surface area contributed by atoms with Crippen LogP contribution >= 0.6 is 11.6 Å². The Bertz CT molecular complexity index is 751. The number of nitrogens with one attached hydrogen (secondary N) is 1. The van der Waals surface area contributed by atoms with Crippen molar-refractivity contribution in [3.05, 3.63) is 77.6 Å². The second kappa shape index (κ2) is 5.81. The first-order valence-electron chi connectivity index (χ1n) is 6.39. The van der Waals surface area contributed by atoms with Gasteiger partial charge in [-0.05, 0) is 36.4 Å². The van der Waals surface area contributed by atoms with Crippen LogP contribution in [0.2, 0.25) is 5.02 Å². The molecule has 104 valence electrons. The zero-order valence-corrected chi connectivity index (χ0v) is 11.8. The summed E-state index contributed by atoms with van der Waals surface area (Å²) in [5.41, 5.74) is 2.09. The first kappa shape index (κ1) is 13.4. The molecule has 5 heteroatoms. The molecule has 21 heavy (non-hydrogen) atoms. The summed E-state index contributed by atoms with van der Waals surface area (Å²) >= 11 is 5.85. The number of halogens is 1. The van der Waals surface area contributed by atoms with Crippen LogP contribution in [0.3, 0.4) is 0 Å².